The molecule has 0 saturated carbocycles. The molecule has 0 saturated heterocycles. The second-order valence-electron chi connectivity index (χ2n) is 6.75. The van der Waals surface area contributed by atoms with Gasteiger partial charge in [0, 0.05) is 0 Å². The first kappa shape index (κ1) is 16.3. The standard InChI is InChI=1S/C18H23NO3/c1-18(2,3)16(20)15(19-17(21)22)11-12-8-9-13-6-4-5-7-14(13)10-12/h4-10,15-16,19-20H,11H2,1-3H3,(H,21,22)/t15-,16?/m0/s1. The van der Waals surface area contributed by atoms with Crippen LogP contribution >= 0.6 is 0 Å². The molecule has 0 aromatic heterocycles. The smallest absolute Gasteiger partial charge is 0.404 e. The zero-order valence-electron chi connectivity index (χ0n) is 13.2. The number of aliphatic hydroxyl groups excluding tert-OH is 1. The molecule has 0 aliphatic heterocycles. The Kier molecular flexibility index (Phi) is 4.71. The van der Waals surface area contributed by atoms with Crippen LogP contribution in [0.25, 0.3) is 10.8 Å². The third-order valence-electron chi connectivity index (χ3n) is 3.85. The third kappa shape index (κ3) is 3.98. The van der Waals surface area contributed by atoms with Crippen molar-refractivity contribution in [3.8, 4) is 0 Å². The SMILES string of the molecule is CC(C)(C)C(O)[C@H](Cc1ccc2ccccc2c1)NC(=O)O. The maximum Gasteiger partial charge on any atom is 0.404 e. The van der Waals surface area contributed by atoms with Crippen molar-refractivity contribution in [3.05, 3.63) is 48.0 Å². The van der Waals surface area contributed by atoms with E-state index in [0.29, 0.717) is 6.42 Å². The number of fused-ring (bicyclic) bond motifs is 1. The Morgan fingerprint density at radius 1 is 1.14 bits per heavy atom. The van der Waals surface area contributed by atoms with Gasteiger partial charge in [-0.25, -0.2) is 4.79 Å². The number of amides is 1. The molecular formula is C18H23NO3. The molecule has 0 fully saturated rings. The van der Waals surface area contributed by atoms with Crippen LogP contribution in [0.3, 0.4) is 0 Å². The van der Waals surface area contributed by atoms with Crippen molar-refractivity contribution >= 4 is 16.9 Å². The highest BCUT2D eigenvalue weighted by atomic mass is 16.4. The van der Waals surface area contributed by atoms with E-state index in [1.807, 2.05) is 63.2 Å². The van der Waals surface area contributed by atoms with Crippen molar-refractivity contribution < 1.29 is 15.0 Å². The fraction of sp³-hybridized carbons (Fsp3) is 0.389. The highest BCUT2D eigenvalue weighted by Gasteiger charge is 2.31. The minimum atomic E-state index is -1.12. The van der Waals surface area contributed by atoms with Crippen molar-refractivity contribution in [2.24, 2.45) is 5.41 Å². The number of carboxylic acid groups (broad SMARTS) is 1. The molecule has 2 rings (SSSR count). The fourth-order valence-electron chi connectivity index (χ4n) is 2.62. The van der Waals surface area contributed by atoms with Gasteiger partial charge in [-0.2, -0.15) is 0 Å². The molecule has 3 N–H and O–H groups in total. The average Bonchev–Trinajstić information content (AvgIpc) is 2.44. The summed E-state index contributed by atoms with van der Waals surface area (Å²) in [4.78, 5) is 11.0. The van der Waals surface area contributed by atoms with Crippen LogP contribution < -0.4 is 5.32 Å². The molecule has 4 heteroatoms. The molecule has 0 aliphatic rings. The lowest BCUT2D eigenvalue weighted by molar-refractivity contribution is 0.0295. The van der Waals surface area contributed by atoms with Crippen molar-refractivity contribution in [2.45, 2.75) is 39.3 Å². The van der Waals surface area contributed by atoms with Gasteiger partial charge >= 0.3 is 6.09 Å². The number of rotatable bonds is 4. The molecule has 0 aliphatic carbocycles. The van der Waals surface area contributed by atoms with Gasteiger partial charge in [0.15, 0.2) is 0 Å². The van der Waals surface area contributed by atoms with Crippen LogP contribution in [0.5, 0.6) is 0 Å². The summed E-state index contributed by atoms with van der Waals surface area (Å²) in [5, 5.41) is 24.2. The predicted molar refractivity (Wildman–Crippen MR) is 88.1 cm³/mol. The quantitative estimate of drug-likeness (QED) is 0.810. The molecular weight excluding hydrogens is 278 g/mol. The van der Waals surface area contributed by atoms with Crippen LogP contribution in [0.2, 0.25) is 0 Å². The van der Waals surface area contributed by atoms with E-state index in [1.165, 1.54) is 0 Å². The molecule has 0 radical (unpaired) electrons. The molecule has 0 bridgehead atoms. The number of benzene rings is 2. The maximum absolute atomic E-state index is 11.0. The van der Waals surface area contributed by atoms with E-state index in [1.54, 1.807) is 0 Å². The summed E-state index contributed by atoms with van der Waals surface area (Å²) < 4.78 is 0. The highest BCUT2D eigenvalue weighted by molar-refractivity contribution is 5.83. The second-order valence-corrected chi connectivity index (χ2v) is 6.75. The Balaban J connectivity index is 2.26. The normalized spacial score (nSPS) is 14.5. The number of carbonyl (C=O) groups is 1. The number of hydrogen-bond donors (Lipinski definition) is 3. The monoisotopic (exact) mass is 301 g/mol. The Morgan fingerprint density at radius 2 is 1.77 bits per heavy atom. The summed E-state index contributed by atoms with van der Waals surface area (Å²) in [5.74, 6) is 0. The fourth-order valence-corrected chi connectivity index (χ4v) is 2.62. The predicted octanol–water partition coefficient (Wildman–Crippen LogP) is 3.43. The summed E-state index contributed by atoms with van der Waals surface area (Å²) in [6, 6.07) is 13.5. The number of nitrogens with one attached hydrogen (secondary N) is 1. The van der Waals surface area contributed by atoms with E-state index in [4.69, 9.17) is 5.11 Å². The summed E-state index contributed by atoms with van der Waals surface area (Å²) in [5.41, 5.74) is 0.602. The Bertz CT molecular complexity index is 661. The Labute approximate surface area is 130 Å². The van der Waals surface area contributed by atoms with Gasteiger partial charge < -0.3 is 15.5 Å². The second kappa shape index (κ2) is 6.36. The van der Waals surface area contributed by atoms with Crippen molar-refractivity contribution in [1.82, 2.24) is 5.32 Å². The summed E-state index contributed by atoms with van der Waals surface area (Å²) in [6.07, 6.45) is -1.43. The van der Waals surface area contributed by atoms with Crippen LogP contribution in [0.4, 0.5) is 4.79 Å². The van der Waals surface area contributed by atoms with E-state index < -0.39 is 23.7 Å². The molecule has 1 amide bonds. The van der Waals surface area contributed by atoms with Crippen LogP contribution in [0, 0.1) is 5.41 Å². The molecule has 22 heavy (non-hydrogen) atoms. The van der Waals surface area contributed by atoms with Gasteiger partial charge in [-0.1, -0.05) is 63.2 Å². The van der Waals surface area contributed by atoms with Crippen LogP contribution in [0.15, 0.2) is 42.5 Å². The zero-order chi connectivity index (χ0) is 16.3. The zero-order valence-corrected chi connectivity index (χ0v) is 13.2. The minimum Gasteiger partial charge on any atom is -0.465 e. The first-order valence-electron chi connectivity index (χ1n) is 7.42. The Hall–Kier alpha value is -2.07. The lowest BCUT2D eigenvalue weighted by Gasteiger charge is -2.33. The molecule has 0 spiro atoms. The van der Waals surface area contributed by atoms with Crippen molar-refractivity contribution in [1.29, 1.82) is 0 Å². The van der Waals surface area contributed by atoms with Crippen LogP contribution in [-0.2, 0) is 6.42 Å². The van der Waals surface area contributed by atoms with Gasteiger partial charge in [-0.15, -0.1) is 0 Å². The first-order chi connectivity index (χ1) is 10.3. The van der Waals surface area contributed by atoms with Crippen molar-refractivity contribution in [2.75, 3.05) is 0 Å². The van der Waals surface area contributed by atoms with Crippen LogP contribution in [-0.4, -0.2) is 28.5 Å². The third-order valence-corrected chi connectivity index (χ3v) is 3.85. The molecule has 1 unspecified atom stereocenters. The van der Waals surface area contributed by atoms with E-state index in [0.717, 1.165) is 16.3 Å². The topological polar surface area (TPSA) is 69.6 Å². The van der Waals surface area contributed by atoms with Gasteiger partial charge in [-0.05, 0) is 28.2 Å². The minimum absolute atomic E-state index is 0.399. The molecule has 118 valence electrons. The molecule has 2 aromatic carbocycles. The van der Waals surface area contributed by atoms with E-state index >= 15 is 0 Å². The van der Waals surface area contributed by atoms with Gasteiger partial charge in [0.05, 0.1) is 12.1 Å². The van der Waals surface area contributed by atoms with Gasteiger partial charge in [-0.3, -0.25) is 0 Å². The van der Waals surface area contributed by atoms with E-state index in [9.17, 15) is 9.90 Å². The summed E-state index contributed by atoms with van der Waals surface area (Å²) in [7, 11) is 0. The number of aliphatic hydroxyl groups is 1. The lowest BCUT2D eigenvalue weighted by Crippen LogP contribution is -2.49. The molecule has 2 atom stereocenters. The molecule has 0 heterocycles. The van der Waals surface area contributed by atoms with Gasteiger partial charge in [0.2, 0.25) is 0 Å². The van der Waals surface area contributed by atoms with Gasteiger partial charge in [0.25, 0.3) is 0 Å². The molecule has 4 nitrogen and oxygen atoms in total. The average molecular weight is 301 g/mol. The first-order valence-corrected chi connectivity index (χ1v) is 7.42. The van der Waals surface area contributed by atoms with E-state index in [2.05, 4.69) is 5.32 Å². The van der Waals surface area contributed by atoms with Crippen LogP contribution in [0.1, 0.15) is 26.3 Å². The van der Waals surface area contributed by atoms with Crippen molar-refractivity contribution in [3.63, 3.8) is 0 Å². The maximum atomic E-state index is 11.0. The largest absolute Gasteiger partial charge is 0.465 e. The Morgan fingerprint density at radius 3 is 2.36 bits per heavy atom. The van der Waals surface area contributed by atoms with E-state index in [-0.39, 0.29) is 0 Å². The van der Waals surface area contributed by atoms with Gasteiger partial charge in [0.1, 0.15) is 0 Å². The highest BCUT2D eigenvalue weighted by Crippen LogP contribution is 2.24. The summed E-state index contributed by atoms with van der Waals surface area (Å²) in [6.45, 7) is 5.69. The molecule has 2 aromatic rings. The number of hydrogen-bond acceptors (Lipinski definition) is 2. The lowest BCUT2D eigenvalue weighted by atomic mass is 9.82. The summed E-state index contributed by atoms with van der Waals surface area (Å²) >= 11 is 0.